The maximum Gasteiger partial charge on any atom is 0.225 e. The quantitative estimate of drug-likeness (QED) is 0.859. The molecule has 1 saturated heterocycles. The lowest BCUT2D eigenvalue weighted by molar-refractivity contribution is -0.139. The zero-order valence-electron chi connectivity index (χ0n) is 13.2. The number of hydrogen-bond acceptors (Lipinski definition) is 2. The summed E-state index contributed by atoms with van der Waals surface area (Å²) in [6, 6.07) is 0. The van der Waals surface area contributed by atoms with Crippen molar-refractivity contribution in [2.75, 3.05) is 13.1 Å². The molecule has 0 aromatic heterocycles. The van der Waals surface area contributed by atoms with Crippen molar-refractivity contribution in [1.29, 1.82) is 0 Å². The number of hydrogen-bond donors (Lipinski definition) is 1. The number of piperidine rings is 1. The second-order valence-electron chi connectivity index (χ2n) is 7.15. The first-order chi connectivity index (χ1) is 9.58. The van der Waals surface area contributed by atoms with Crippen molar-refractivity contribution in [1.82, 2.24) is 4.90 Å². The second kappa shape index (κ2) is 7.44. The van der Waals surface area contributed by atoms with Crippen molar-refractivity contribution < 1.29 is 9.90 Å². The lowest BCUT2D eigenvalue weighted by atomic mass is 9.78. The van der Waals surface area contributed by atoms with Crippen LogP contribution in [-0.4, -0.2) is 35.1 Å². The van der Waals surface area contributed by atoms with Crippen LogP contribution in [0.15, 0.2) is 0 Å². The van der Waals surface area contributed by atoms with Crippen molar-refractivity contribution in [2.24, 2.45) is 17.8 Å². The third-order valence-corrected chi connectivity index (χ3v) is 5.21. The molecular formula is C17H31NO2. The number of aliphatic hydroxyl groups excluding tert-OH is 1. The molecule has 1 aliphatic carbocycles. The summed E-state index contributed by atoms with van der Waals surface area (Å²) in [7, 11) is 0. The normalized spacial score (nSPS) is 24.1. The van der Waals surface area contributed by atoms with Crippen LogP contribution in [0, 0.1) is 17.8 Å². The molecule has 1 N–H and O–H groups in total. The van der Waals surface area contributed by atoms with E-state index in [9.17, 15) is 9.90 Å². The predicted octanol–water partition coefficient (Wildman–Crippen LogP) is 3.21. The molecule has 0 aromatic rings. The first kappa shape index (κ1) is 15.8. The van der Waals surface area contributed by atoms with Gasteiger partial charge in [-0.2, -0.15) is 0 Å². The highest BCUT2D eigenvalue weighted by Crippen LogP contribution is 2.32. The number of aliphatic hydroxyl groups is 1. The molecule has 2 rings (SSSR count). The van der Waals surface area contributed by atoms with Gasteiger partial charge in [0.2, 0.25) is 5.91 Å². The average Bonchev–Trinajstić information content (AvgIpc) is 2.45. The highest BCUT2D eigenvalue weighted by Gasteiger charge is 2.31. The molecule has 3 heteroatoms. The van der Waals surface area contributed by atoms with Crippen molar-refractivity contribution in [3.8, 4) is 0 Å². The standard InChI is InChI=1S/C17H31NO2/c1-13(2)16(12-14-6-4-3-5-7-14)17(20)18-10-8-15(19)9-11-18/h13-16,19H,3-12H2,1-2H3. The molecule has 0 radical (unpaired) electrons. The minimum absolute atomic E-state index is 0.188. The number of rotatable bonds is 4. The Morgan fingerprint density at radius 3 is 2.25 bits per heavy atom. The molecule has 0 bridgehead atoms. The van der Waals surface area contributed by atoms with Gasteiger partial charge in [-0.15, -0.1) is 0 Å². The van der Waals surface area contributed by atoms with Gasteiger partial charge in [0.05, 0.1) is 6.10 Å². The molecule has 2 aliphatic rings. The molecule has 0 spiro atoms. The van der Waals surface area contributed by atoms with E-state index in [2.05, 4.69) is 13.8 Å². The lowest BCUT2D eigenvalue weighted by Gasteiger charge is -2.35. The monoisotopic (exact) mass is 281 g/mol. The molecule has 2 fully saturated rings. The Bertz CT molecular complexity index is 302. The van der Waals surface area contributed by atoms with Crippen LogP contribution in [0.3, 0.4) is 0 Å². The molecular weight excluding hydrogens is 250 g/mol. The van der Waals surface area contributed by atoms with E-state index in [0.717, 1.165) is 38.3 Å². The van der Waals surface area contributed by atoms with Crippen LogP contribution in [-0.2, 0) is 4.79 Å². The average molecular weight is 281 g/mol. The highest BCUT2D eigenvalue weighted by atomic mass is 16.3. The molecule has 20 heavy (non-hydrogen) atoms. The topological polar surface area (TPSA) is 40.5 Å². The van der Waals surface area contributed by atoms with Crippen LogP contribution in [0.4, 0.5) is 0 Å². The summed E-state index contributed by atoms with van der Waals surface area (Å²) in [4.78, 5) is 14.8. The van der Waals surface area contributed by atoms with E-state index in [-0.39, 0.29) is 12.0 Å². The number of nitrogens with zero attached hydrogens (tertiary/aromatic N) is 1. The zero-order valence-corrected chi connectivity index (χ0v) is 13.2. The highest BCUT2D eigenvalue weighted by molar-refractivity contribution is 5.79. The number of carbonyl (C=O) groups is 1. The number of likely N-dealkylation sites (tertiary alicyclic amines) is 1. The summed E-state index contributed by atoms with van der Waals surface area (Å²) >= 11 is 0. The van der Waals surface area contributed by atoms with E-state index in [1.165, 1.54) is 32.1 Å². The van der Waals surface area contributed by atoms with Crippen molar-refractivity contribution in [3.63, 3.8) is 0 Å². The van der Waals surface area contributed by atoms with E-state index < -0.39 is 0 Å². The molecule has 1 unspecified atom stereocenters. The van der Waals surface area contributed by atoms with Crippen molar-refractivity contribution in [2.45, 2.75) is 71.3 Å². The summed E-state index contributed by atoms with van der Waals surface area (Å²) in [6.45, 7) is 5.86. The van der Waals surface area contributed by atoms with Crippen LogP contribution in [0.1, 0.15) is 65.2 Å². The fraction of sp³-hybridized carbons (Fsp3) is 0.941. The van der Waals surface area contributed by atoms with Crippen LogP contribution >= 0.6 is 0 Å². The molecule has 1 amide bonds. The van der Waals surface area contributed by atoms with Gasteiger partial charge in [-0.05, 0) is 31.1 Å². The van der Waals surface area contributed by atoms with Gasteiger partial charge in [0.25, 0.3) is 0 Å². The Kier molecular flexibility index (Phi) is 5.88. The Hall–Kier alpha value is -0.570. The fourth-order valence-electron chi connectivity index (χ4n) is 3.76. The molecule has 1 aliphatic heterocycles. The summed E-state index contributed by atoms with van der Waals surface area (Å²) in [5, 5.41) is 9.58. The van der Waals surface area contributed by atoms with Gasteiger partial charge in [-0.25, -0.2) is 0 Å². The third kappa shape index (κ3) is 4.21. The minimum Gasteiger partial charge on any atom is -0.393 e. The first-order valence-electron chi connectivity index (χ1n) is 8.54. The smallest absolute Gasteiger partial charge is 0.225 e. The summed E-state index contributed by atoms with van der Waals surface area (Å²) < 4.78 is 0. The van der Waals surface area contributed by atoms with Gasteiger partial charge >= 0.3 is 0 Å². The zero-order chi connectivity index (χ0) is 14.5. The Morgan fingerprint density at radius 2 is 1.70 bits per heavy atom. The summed E-state index contributed by atoms with van der Waals surface area (Å²) in [6.07, 6.45) is 9.08. The van der Waals surface area contributed by atoms with E-state index in [0.29, 0.717) is 11.8 Å². The van der Waals surface area contributed by atoms with E-state index in [1.54, 1.807) is 0 Å². The van der Waals surface area contributed by atoms with E-state index in [1.807, 2.05) is 4.90 Å². The second-order valence-corrected chi connectivity index (χ2v) is 7.15. The van der Waals surface area contributed by atoms with Crippen LogP contribution in [0.5, 0.6) is 0 Å². The largest absolute Gasteiger partial charge is 0.393 e. The molecule has 1 atom stereocenters. The minimum atomic E-state index is -0.199. The molecule has 0 aromatic carbocycles. The number of amides is 1. The van der Waals surface area contributed by atoms with Crippen molar-refractivity contribution in [3.05, 3.63) is 0 Å². The van der Waals surface area contributed by atoms with E-state index in [4.69, 9.17) is 0 Å². The van der Waals surface area contributed by atoms with Crippen LogP contribution in [0.2, 0.25) is 0 Å². The maximum absolute atomic E-state index is 12.8. The molecule has 116 valence electrons. The molecule has 1 saturated carbocycles. The fourth-order valence-corrected chi connectivity index (χ4v) is 3.76. The van der Waals surface area contributed by atoms with Gasteiger partial charge < -0.3 is 10.0 Å². The SMILES string of the molecule is CC(C)C(CC1CCCCC1)C(=O)N1CCC(O)CC1. The van der Waals surface area contributed by atoms with Crippen LogP contribution < -0.4 is 0 Å². The molecule has 3 nitrogen and oxygen atoms in total. The van der Waals surface area contributed by atoms with Gasteiger partial charge in [0, 0.05) is 19.0 Å². The van der Waals surface area contributed by atoms with Gasteiger partial charge in [-0.1, -0.05) is 46.0 Å². The first-order valence-corrected chi connectivity index (χ1v) is 8.54. The van der Waals surface area contributed by atoms with Gasteiger partial charge in [-0.3, -0.25) is 4.79 Å². The lowest BCUT2D eigenvalue weighted by Crippen LogP contribution is -2.44. The van der Waals surface area contributed by atoms with Crippen molar-refractivity contribution >= 4 is 5.91 Å². The Morgan fingerprint density at radius 1 is 1.10 bits per heavy atom. The Balaban J connectivity index is 1.91. The van der Waals surface area contributed by atoms with Gasteiger partial charge in [0.15, 0.2) is 0 Å². The summed E-state index contributed by atoms with van der Waals surface area (Å²) in [5.41, 5.74) is 0. The van der Waals surface area contributed by atoms with E-state index >= 15 is 0 Å². The third-order valence-electron chi connectivity index (χ3n) is 5.21. The summed E-state index contributed by atoms with van der Waals surface area (Å²) in [5.74, 6) is 1.72. The maximum atomic E-state index is 12.8. The number of carbonyl (C=O) groups excluding carboxylic acids is 1. The van der Waals surface area contributed by atoms with Gasteiger partial charge in [0.1, 0.15) is 0 Å². The predicted molar refractivity (Wildman–Crippen MR) is 81.3 cm³/mol. The molecule has 1 heterocycles. The Labute approximate surface area is 123 Å². The van der Waals surface area contributed by atoms with Crippen LogP contribution in [0.25, 0.3) is 0 Å².